The first-order chi connectivity index (χ1) is 13.0. The van der Waals surface area contributed by atoms with Crippen LogP contribution in [-0.4, -0.2) is 21.7 Å². The van der Waals surface area contributed by atoms with Gasteiger partial charge in [-0.2, -0.15) is 0 Å². The topological polar surface area (TPSA) is 74.8 Å². The molecule has 0 aliphatic heterocycles. The first-order valence-corrected chi connectivity index (χ1v) is 8.86. The summed E-state index contributed by atoms with van der Waals surface area (Å²) >= 11 is 5.88. The van der Waals surface area contributed by atoms with E-state index in [0.29, 0.717) is 17.1 Å². The van der Waals surface area contributed by atoms with Gasteiger partial charge in [-0.15, -0.1) is 0 Å². The molecule has 4 aromatic rings. The average molecular weight is 378 g/mol. The van der Waals surface area contributed by atoms with Crippen molar-refractivity contribution in [2.75, 3.05) is 0 Å². The molecule has 0 aliphatic rings. The van der Waals surface area contributed by atoms with Gasteiger partial charge in [-0.3, -0.25) is 9.59 Å². The van der Waals surface area contributed by atoms with Crippen molar-refractivity contribution in [2.24, 2.45) is 0 Å². The minimum Gasteiger partial charge on any atom is -0.353 e. The van der Waals surface area contributed by atoms with Crippen molar-refractivity contribution < 1.29 is 9.59 Å². The van der Waals surface area contributed by atoms with Crippen LogP contribution in [0.2, 0.25) is 5.02 Å². The molecule has 27 heavy (non-hydrogen) atoms. The first-order valence-electron chi connectivity index (χ1n) is 8.48. The van der Waals surface area contributed by atoms with E-state index in [4.69, 9.17) is 11.6 Å². The summed E-state index contributed by atoms with van der Waals surface area (Å²) in [4.78, 5) is 32.3. The molecule has 0 bridgehead atoms. The van der Waals surface area contributed by atoms with Gasteiger partial charge >= 0.3 is 0 Å². The summed E-state index contributed by atoms with van der Waals surface area (Å²) in [5.74, 6) is -0.529. The molecule has 0 radical (unpaired) electrons. The van der Waals surface area contributed by atoms with Crippen LogP contribution in [0, 0.1) is 0 Å². The number of aromatic amines is 1. The van der Waals surface area contributed by atoms with Crippen molar-refractivity contribution in [3.8, 4) is 0 Å². The van der Waals surface area contributed by atoms with Gasteiger partial charge in [0.2, 0.25) is 0 Å². The Balaban J connectivity index is 1.72. The second-order valence-electron chi connectivity index (χ2n) is 6.31. The number of pyridine rings is 1. The highest BCUT2D eigenvalue weighted by atomic mass is 35.5. The molecule has 6 heteroatoms. The molecular formula is C21H16ClN3O2. The Morgan fingerprint density at radius 3 is 2.56 bits per heavy atom. The summed E-state index contributed by atoms with van der Waals surface area (Å²) in [7, 11) is 0. The number of aromatic nitrogens is 2. The number of H-pyrrole nitrogens is 1. The number of nitrogens with zero attached hydrogens (tertiary/aromatic N) is 1. The fraction of sp³-hybridized carbons (Fsp3) is 0.0952. The minimum absolute atomic E-state index is 0.195. The largest absolute Gasteiger partial charge is 0.353 e. The van der Waals surface area contributed by atoms with Gasteiger partial charge in [-0.25, -0.2) is 4.98 Å². The van der Waals surface area contributed by atoms with E-state index in [2.05, 4.69) is 15.3 Å². The summed E-state index contributed by atoms with van der Waals surface area (Å²) in [5, 5.41) is 5.24. The molecule has 0 atom stereocenters. The number of hydrogen-bond donors (Lipinski definition) is 2. The highest BCUT2D eigenvalue weighted by molar-refractivity contribution is 6.30. The lowest BCUT2D eigenvalue weighted by atomic mass is 10.1. The van der Waals surface area contributed by atoms with E-state index >= 15 is 0 Å². The van der Waals surface area contributed by atoms with Gasteiger partial charge in [0.1, 0.15) is 11.4 Å². The van der Waals surface area contributed by atoms with Crippen molar-refractivity contribution in [1.82, 2.24) is 15.3 Å². The molecule has 0 saturated heterocycles. The lowest BCUT2D eigenvalue weighted by Crippen LogP contribution is -2.24. The number of halogens is 1. The molecule has 134 valence electrons. The van der Waals surface area contributed by atoms with Crippen LogP contribution in [-0.2, 0) is 6.54 Å². The number of carbonyl (C=O) groups excluding carboxylic acids is 2. The molecule has 0 spiro atoms. The fourth-order valence-corrected chi connectivity index (χ4v) is 3.22. The number of Topliss-reactive ketones (excluding diaryl/α,β-unsaturated/α-hetero) is 1. The predicted octanol–water partition coefficient (Wildman–Crippen LogP) is 4.50. The minimum atomic E-state index is -0.334. The molecule has 2 N–H and O–H groups in total. The van der Waals surface area contributed by atoms with E-state index in [-0.39, 0.29) is 23.1 Å². The van der Waals surface area contributed by atoms with Crippen LogP contribution in [0.25, 0.3) is 21.8 Å². The van der Waals surface area contributed by atoms with Gasteiger partial charge in [0.05, 0.1) is 5.52 Å². The third kappa shape index (κ3) is 3.29. The second-order valence-corrected chi connectivity index (χ2v) is 6.75. The molecule has 0 saturated carbocycles. The monoisotopic (exact) mass is 377 g/mol. The zero-order valence-electron chi connectivity index (χ0n) is 14.5. The average Bonchev–Trinajstić information content (AvgIpc) is 3.05. The van der Waals surface area contributed by atoms with E-state index in [9.17, 15) is 9.59 Å². The second kappa shape index (κ2) is 6.85. The Bertz CT molecular complexity index is 1180. The van der Waals surface area contributed by atoms with Crippen LogP contribution in [0.4, 0.5) is 0 Å². The van der Waals surface area contributed by atoms with E-state index in [1.165, 1.54) is 6.92 Å². The molecule has 0 unspecified atom stereocenters. The van der Waals surface area contributed by atoms with Crippen LogP contribution in [0.1, 0.15) is 33.5 Å². The smallest absolute Gasteiger partial charge is 0.270 e. The van der Waals surface area contributed by atoms with Crippen molar-refractivity contribution in [2.45, 2.75) is 13.5 Å². The molecule has 2 aromatic carbocycles. The normalized spacial score (nSPS) is 11.0. The fourth-order valence-electron chi connectivity index (χ4n) is 3.09. The maximum atomic E-state index is 12.6. The van der Waals surface area contributed by atoms with Gasteiger partial charge in [-0.1, -0.05) is 41.9 Å². The van der Waals surface area contributed by atoms with Crippen LogP contribution < -0.4 is 5.32 Å². The van der Waals surface area contributed by atoms with Crippen LogP contribution in [0.5, 0.6) is 0 Å². The van der Waals surface area contributed by atoms with Crippen molar-refractivity contribution in [3.63, 3.8) is 0 Å². The zero-order valence-corrected chi connectivity index (χ0v) is 15.3. The highest BCUT2D eigenvalue weighted by Gasteiger charge is 2.17. The number of nitrogens with one attached hydrogen (secondary N) is 2. The molecule has 0 fully saturated rings. The summed E-state index contributed by atoms with van der Waals surface area (Å²) in [6, 6.07) is 16.7. The Hall–Kier alpha value is -3.18. The highest BCUT2D eigenvalue weighted by Crippen LogP contribution is 2.28. The van der Waals surface area contributed by atoms with Crippen LogP contribution >= 0.6 is 11.6 Å². The number of hydrogen-bond acceptors (Lipinski definition) is 3. The molecular weight excluding hydrogens is 362 g/mol. The maximum Gasteiger partial charge on any atom is 0.270 e. The third-order valence-corrected chi connectivity index (χ3v) is 4.68. The van der Waals surface area contributed by atoms with Crippen molar-refractivity contribution in [3.05, 3.63) is 76.6 Å². The predicted molar refractivity (Wildman–Crippen MR) is 106 cm³/mol. The lowest BCUT2D eigenvalue weighted by Gasteiger charge is -2.07. The lowest BCUT2D eigenvalue weighted by molar-refractivity contribution is 0.0946. The standard InChI is InChI=1S/C21H16ClN3O2/c1-12(26)19-20-16(15-4-2-3-5-17(15)24-20)10-18(25-19)21(27)23-11-13-6-8-14(22)9-7-13/h2-10,24H,11H2,1H3,(H,23,27). The van der Waals surface area contributed by atoms with Gasteiger partial charge in [0.25, 0.3) is 5.91 Å². The number of amides is 1. The quantitative estimate of drug-likeness (QED) is 0.514. The van der Waals surface area contributed by atoms with E-state index in [1.54, 1.807) is 18.2 Å². The summed E-state index contributed by atoms with van der Waals surface area (Å²) in [6.07, 6.45) is 0. The van der Waals surface area contributed by atoms with Gasteiger partial charge in [0.15, 0.2) is 5.78 Å². The maximum absolute atomic E-state index is 12.6. The number of fused-ring (bicyclic) bond motifs is 3. The Morgan fingerprint density at radius 2 is 1.81 bits per heavy atom. The zero-order chi connectivity index (χ0) is 19.0. The molecule has 5 nitrogen and oxygen atoms in total. The van der Waals surface area contributed by atoms with Crippen molar-refractivity contribution >= 4 is 45.1 Å². The summed E-state index contributed by atoms with van der Waals surface area (Å²) in [5.41, 5.74) is 2.95. The van der Waals surface area contributed by atoms with Crippen LogP contribution in [0.3, 0.4) is 0 Å². The summed E-state index contributed by atoms with van der Waals surface area (Å²) in [6.45, 7) is 1.79. The van der Waals surface area contributed by atoms with Gasteiger partial charge in [-0.05, 0) is 29.8 Å². The third-order valence-electron chi connectivity index (χ3n) is 4.43. The Kier molecular flexibility index (Phi) is 4.38. The molecule has 4 rings (SSSR count). The molecule has 1 amide bonds. The Labute approximate surface area is 160 Å². The van der Waals surface area contributed by atoms with E-state index < -0.39 is 0 Å². The molecule has 0 aliphatic carbocycles. The molecule has 2 aromatic heterocycles. The number of ketones is 1. The number of carbonyl (C=O) groups is 2. The van der Waals surface area contributed by atoms with Gasteiger partial charge in [0, 0.05) is 34.8 Å². The Morgan fingerprint density at radius 1 is 1.07 bits per heavy atom. The number of rotatable bonds is 4. The molecule has 2 heterocycles. The van der Waals surface area contributed by atoms with Crippen LogP contribution in [0.15, 0.2) is 54.6 Å². The SMILES string of the molecule is CC(=O)c1nc(C(=O)NCc2ccc(Cl)cc2)cc2c1[nH]c1ccccc12. The van der Waals surface area contributed by atoms with Crippen molar-refractivity contribution in [1.29, 1.82) is 0 Å². The van der Waals surface area contributed by atoms with E-state index in [0.717, 1.165) is 21.9 Å². The van der Waals surface area contributed by atoms with Gasteiger partial charge < -0.3 is 10.3 Å². The summed E-state index contributed by atoms with van der Waals surface area (Å²) < 4.78 is 0. The first kappa shape index (κ1) is 17.2. The number of para-hydroxylation sites is 1. The van der Waals surface area contributed by atoms with E-state index in [1.807, 2.05) is 36.4 Å². The number of benzene rings is 2.